The molecule has 0 aromatic heterocycles. The van der Waals surface area contributed by atoms with E-state index in [2.05, 4.69) is 15.3 Å². The van der Waals surface area contributed by atoms with Gasteiger partial charge < -0.3 is 10.6 Å². The van der Waals surface area contributed by atoms with Crippen LogP contribution in [0.3, 0.4) is 0 Å². The van der Waals surface area contributed by atoms with E-state index in [0.717, 1.165) is 25.7 Å². The van der Waals surface area contributed by atoms with Crippen LogP contribution in [0, 0.1) is 5.92 Å². The van der Waals surface area contributed by atoms with E-state index in [-0.39, 0.29) is 18.8 Å². The fraction of sp³-hybridized carbons (Fsp3) is 0.909. The lowest BCUT2D eigenvalue weighted by molar-refractivity contribution is -0.0624. The number of rotatable bonds is 2. The largest absolute Gasteiger partial charge is 0.433 e. The zero-order valence-corrected chi connectivity index (χ0v) is 10.0. The molecule has 0 aliphatic carbocycles. The summed E-state index contributed by atoms with van der Waals surface area (Å²) < 4.78 is 38.0. The van der Waals surface area contributed by atoms with E-state index in [1.54, 1.807) is 0 Å². The Hall–Kier alpha value is -0.820. The lowest BCUT2D eigenvalue weighted by Gasteiger charge is -2.23. The van der Waals surface area contributed by atoms with Crippen molar-refractivity contribution in [1.29, 1.82) is 0 Å². The SMILES string of the molecule is NC1CCCCC(CC2CON=C2C(F)(F)F)N1. The molecule has 0 radical (unpaired) electrons. The van der Waals surface area contributed by atoms with Crippen molar-refractivity contribution in [1.82, 2.24) is 5.32 Å². The first-order valence-electron chi connectivity index (χ1n) is 6.25. The van der Waals surface area contributed by atoms with E-state index in [1.165, 1.54) is 0 Å². The third kappa shape index (κ3) is 3.35. The van der Waals surface area contributed by atoms with Crippen LogP contribution in [0.5, 0.6) is 0 Å². The number of oxime groups is 1. The molecule has 2 aliphatic heterocycles. The summed E-state index contributed by atoms with van der Waals surface area (Å²) in [5, 5.41) is 6.31. The Labute approximate surface area is 104 Å². The predicted molar refractivity (Wildman–Crippen MR) is 60.9 cm³/mol. The standard InChI is InChI=1S/C11H18F3N3O/c12-11(13,14)10-7(6-18-17-10)5-8-3-1-2-4-9(15)16-8/h7-9,16H,1-6,15H2. The van der Waals surface area contributed by atoms with Gasteiger partial charge in [0.15, 0.2) is 5.71 Å². The Morgan fingerprint density at radius 2 is 2.06 bits per heavy atom. The molecular formula is C11H18F3N3O. The van der Waals surface area contributed by atoms with Crippen LogP contribution in [0.15, 0.2) is 5.16 Å². The summed E-state index contributed by atoms with van der Waals surface area (Å²) in [7, 11) is 0. The molecule has 1 saturated heterocycles. The molecule has 0 amide bonds. The third-order valence-corrected chi connectivity index (χ3v) is 3.45. The Kier molecular flexibility index (Phi) is 4.11. The second kappa shape index (κ2) is 5.44. The number of nitrogens with two attached hydrogens (primary N) is 1. The molecule has 4 nitrogen and oxygen atoms in total. The van der Waals surface area contributed by atoms with Gasteiger partial charge in [0.2, 0.25) is 0 Å². The molecule has 104 valence electrons. The molecule has 3 unspecified atom stereocenters. The highest BCUT2D eigenvalue weighted by Crippen LogP contribution is 2.30. The van der Waals surface area contributed by atoms with Crippen molar-refractivity contribution >= 4 is 5.71 Å². The fourth-order valence-corrected chi connectivity index (χ4v) is 2.57. The van der Waals surface area contributed by atoms with Crippen LogP contribution < -0.4 is 11.1 Å². The molecule has 2 heterocycles. The van der Waals surface area contributed by atoms with Crippen molar-refractivity contribution in [2.45, 2.75) is 50.5 Å². The minimum absolute atomic E-state index is 0.0155. The third-order valence-electron chi connectivity index (χ3n) is 3.45. The maximum Gasteiger partial charge on any atom is 0.433 e. The maximum absolute atomic E-state index is 12.7. The van der Waals surface area contributed by atoms with E-state index < -0.39 is 17.8 Å². The first-order chi connectivity index (χ1) is 8.47. The van der Waals surface area contributed by atoms with Crippen LogP contribution in [0.2, 0.25) is 0 Å². The van der Waals surface area contributed by atoms with Gasteiger partial charge in [-0.25, -0.2) is 0 Å². The molecule has 3 N–H and O–H groups in total. The highest BCUT2D eigenvalue weighted by molar-refractivity contribution is 5.92. The quantitative estimate of drug-likeness (QED) is 0.799. The van der Waals surface area contributed by atoms with Gasteiger partial charge in [-0.2, -0.15) is 13.2 Å². The Bertz CT molecular complexity index is 319. The molecule has 18 heavy (non-hydrogen) atoms. The van der Waals surface area contributed by atoms with Gasteiger partial charge in [-0.05, 0) is 19.3 Å². The molecule has 0 bridgehead atoms. The van der Waals surface area contributed by atoms with Gasteiger partial charge in [0.1, 0.15) is 6.61 Å². The highest BCUT2D eigenvalue weighted by atomic mass is 19.4. The van der Waals surface area contributed by atoms with Crippen LogP contribution in [-0.2, 0) is 4.84 Å². The van der Waals surface area contributed by atoms with E-state index in [9.17, 15) is 13.2 Å². The molecule has 7 heteroatoms. The van der Waals surface area contributed by atoms with E-state index >= 15 is 0 Å². The average Bonchev–Trinajstić information content (AvgIpc) is 2.62. The molecule has 0 aromatic carbocycles. The van der Waals surface area contributed by atoms with Gasteiger partial charge in [0, 0.05) is 12.0 Å². The summed E-state index contributed by atoms with van der Waals surface area (Å²) in [4.78, 5) is 4.60. The van der Waals surface area contributed by atoms with Gasteiger partial charge in [0.25, 0.3) is 0 Å². The number of nitrogens with zero attached hydrogens (tertiary/aromatic N) is 1. The molecule has 2 rings (SSSR count). The van der Waals surface area contributed by atoms with Crippen LogP contribution in [0.1, 0.15) is 32.1 Å². The van der Waals surface area contributed by atoms with Crippen LogP contribution >= 0.6 is 0 Å². The Morgan fingerprint density at radius 3 is 2.78 bits per heavy atom. The summed E-state index contributed by atoms with van der Waals surface area (Å²) in [5.74, 6) is -0.673. The summed E-state index contributed by atoms with van der Waals surface area (Å²) in [5.41, 5.74) is 5.04. The zero-order chi connectivity index (χ0) is 13.2. The van der Waals surface area contributed by atoms with Crippen molar-refractivity contribution in [3.63, 3.8) is 0 Å². The fourth-order valence-electron chi connectivity index (χ4n) is 2.57. The molecule has 1 fully saturated rings. The van der Waals surface area contributed by atoms with Crippen molar-refractivity contribution in [3.05, 3.63) is 0 Å². The van der Waals surface area contributed by atoms with E-state index in [4.69, 9.17) is 5.73 Å². The molecule has 0 aromatic rings. The van der Waals surface area contributed by atoms with Gasteiger partial charge in [-0.15, -0.1) is 0 Å². The topological polar surface area (TPSA) is 59.6 Å². The number of hydrogen-bond acceptors (Lipinski definition) is 4. The van der Waals surface area contributed by atoms with Crippen molar-refractivity contribution in [3.8, 4) is 0 Å². The molecule has 0 spiro atoms. The monoisotopic (exact) mass is 265 g/mol. The summed E-state index contributed by atoms with van der Waals surface area (Å²) >= 11 is 0. The minimum Gasteiger partial charge on any atom is -0.395 e. The first-order valence-corrected chi connectivity index (χ1v) is 6.25. The lowest BCUT2D eigenvalue weighted by atomic mass is 9.93. The lowest BCUT2D eigenvalue weighted by Crippen LogP contribution is -2.44. The van der Waals surface area contributed by atoms with Crippen LogP contribution in [0.4, 0.5) is 13.2 Å². The van der Waals surface area contributed by atoms with Gasteiger partial charge >= 0.3 is 6.18 Å². The summed E-state index contributed by atoms with van der Waals surface area (Å²) in [6, 6.07) is 0.0155. The summed E-state index contributed by atoms with van der Waals surface area (Å²) in [6.45, 7) is 0.0161. The van der Waals surface area contributed by atoms with Crippen molar-refractivity contribution in [2.24, 2.45) is 16.8 Å². The smallest absolute Gasteiger partial charge is 0.395 e. The number of hydrogen-bond donors (Lipinski definition) is 2. The van der Waals surface area contributed by atoms with Crippen LogP contribution in [-0.4, -0.2) is 30.7 Å². The van der Waals surface area contributed by atoms with Gasteiger partial charge in [-0.3, -0.25) is 5.32 Å². The molecular weight excluding hydrogens is 247 g/mol. The Balaban J connectivity index is 1.94. The normalized spacial score (nSPS) is 33.8. The van der Waals surface area contributed by atoms with E-state index in [1.807, 2.05) is 0 Å². The second-order valence-electron chi connectivity index (χ2n) is 4.96. The Morgan fingerprint density at radius 1 is 1.33 bits per heavy atom. The first kappa shape index (κ1) is 13.6. The number of halogens is 3. The van der Waals surface area contributed by atoms with Gasteiger partial charge in [0.05, 0.1) is 6.17 Å². The van der Waals surface area contributed by atoms with E-state index in [0.29, 0.717) is 6.42 Å². The minimum atomic E-state index is -4.39. The molecule has 3 atom stereocenters. The van der Waals surface area contributed by atoms with Crippen molar-refractivity contribution in [2.75, 3.05) is 6.61 Å². The average molecular weight is 265 g/mol. The number of alkyl halides is 3. The predicted octanol–water partition coefficient (Wildman–Crippen LogP) is 1.76. The van der Waals surface area contributed by atoms with Crippen molar-refractivity contribution < 1.29 is 18.0 Å². The summed E-state index contributed by atoms with van der Waals surface area (Å²) in [6.07, 6.45) is -0.386. The molecule has 2 aliphatic rings. The zero-order valence-electron chi connectivity index (χ0n) is 10.0. The van der Waals surface area contributed by atoms with Gasteiger partial charge in [-0.1, -0.05) is 18.0 Å². The highest BCUT2D eigenvalue weighted by Gasteiger charge is 2.45. The molecule has 0 saturated carbocycles. The second-order valence-corrected chi connectivity index (χ2v) is 4.96. The maximum atomic E-state index is 12.7. The van der Waals surface area contributed by atoms with Crippen LogP contribution in [0.25, 0.3) is 0 Å². The number of nitrogens with one attached hydrogen (secondary N) is 1.